The predicted molar refractivity (Wildman–Crippen MR) is 176 cm³/mol. The van der Waals surface area contributed by atoms with E-state index in [1.54, 1.807) is 12.1 Å². The van der Waals surface area contributed by atoms with E-state index in [0.717, 1.165) is 9.87 Å². The van der Waals surface area contributed by atoms with Crippen molar-refractivity contribution in [1.29, 1.82) is 0 Å². The van der Waals surface area contributed by atoms with Crippen LogP contribution < -0.4 is 9.62 Å². The van der Waals surface area contributed by atoms with Crippen molar-refractivity contribution in [2.24, 2.45) is 5.92 Å². The Hall–Kier alpha value is -3.92. The van der Waals surface area contributed by atoms with Crippen molar-refractivity contribution in [2.75, 3.05) is 17.4 Å². The van der Waals surface area contributed by atoms with Crippen LogP contribution in [0.25, 0.3) is 0 Å². The van der Waals surface area contributed by atoms with E-state index in [1.165, 1.54) is 65.6 Å². The average Bonchev–Trinajstić information content (AvgIpc) is 3.01. The molecular weight excluding hydrogens is 636 g/mol. The number of hydrogen-bond acceptors (Lipinski definition) is 4. The number of halogens is 3. The van der Waals surface area contributed by atoms with E-state index >= 15 is 0 Å². The summed E-state index contributed by atoms with van der Waals surface area (Å²) in [6.07, 6.45) is 0.165. The van der Waals surface area contributed by atoms with Crippen LogP contribution in [-0.4, -0.2) is 44.3 Å². The third-order valence-electron chi connectivity index (χ3n) is 7.00. The Bertz CT molecular complexity index is 1700. The van der Waals surface area contributed by atoms with Crippen molar-refractivity contribution in [1.82, 2.24) is 10.2 Å². The van der Waals surface area contributed by atoms with Gasteiger partial charge in [-0.25, -0.2) is 12.8 Å². The maximum Gasteiger partial charge on any atom is 0.264 e. The quantitative estimate of drug-likeness (QED) is 0.171. The lowest BCUT2D eigenvalue weighted by Gasteiger charge is -2.34. The molecule has 1 N–H and O–H groups in total. The monoisotopic (exact) mass is 669 g/mol. The minimum absolute atomic E-state index is 0.0733. The Labute approximate surface area is 273 Å². The molecule has 4 aromatic rings. The topological polar surface area (TPSA) is 86.8 Å². The lowest BCUT2D eigenvalue weighted by atomic mass is 10.0. The standard InChI is InChI=1S/C34H34Cl2FN3O4S/c1-24(2)21-38-34(42)32(19-25-7-4-3-5-8-25)39(22-26-11-15-29(37)16-12-26)33(41)23-40(30-10-6-9-28(36)20-30)45(43,44)31-17-13-27(35)14-18-31/h3-18,20,24,32H,19,21-23H2,1-2H3,(H,38,42). The highest BCUT2D eigenvalue weighted by atomic mass is 35.5. The van der Waals surface area contributed by atoms with Gasteiger partial charge < -0.3 is 10.2 Å². The minimum atomic E-state index is -4.30. The zero-order valence-electron chi connectivity index (χ0n) is 24.9. The van der Waals surface area contributed by atoms with Gasteiger partial charge in [-0.2, -0.15) is 0 Å². The molecule has 4 rings (SSSR count). The van der Waals surface area contributed by atoms with E-state index in [-0.39, 0.29) is 34.5 Å². The number of carbonyl (C=O) groups excluding carboxylic acids is 2. The first-order valence-corrected chi connectivity index (χ1v) is 16.5. The van der Waals surface area contributed by atoms with Crippen LogP contribution in [0.4, 0.5) is 10.1 Å². The molecule has 0 radical (unpaired) electrons. The van der Waals surface area contributed by atoms with Crippen LogP contribution in [0.15, 0.2) is 108 Å². The van der Waals surface area contributed by atoms with Crippen molar-refractivity contribution >= 4 is 50.7 Å². The van der Waals surface area contributed by atoms with Crippen molar-refractivity contribution in [3.8, 4) is 0 Å². The Morgan fingerprint density at radius 2 is 1.49 bits per heavy atom. The van der Waals surface area contributed by atoms with Gasteiger partial charge in [0.2, 0.25) is 11.8 Å². The van der Waals surface area contributed by atoms with Gasteiger partial charge in [0.1, 0.15) is 18.4 Å². The fourth-order valence-corrected chi connectivity index (χ4v) is 6.37. The molecular formula is C34H34Cl2FN3O4S. The molecule has 11 heteroatoms. The van der Waals surface area contributed by atoms with Gasteiger partial charge in [-0.05, 0) is 71.6 Å². The van der Waals surface area contributed by atoms with Crippen LogP contribution in [0.5, 0.6) is 0 Å². The molecule has 236 valence electrons. The Morgan fingerprint density at radius 3 is 2.11 bits per heavy atom. The lowest BCUT2D eigenvalue weighted by Crippen LogP contribution is -2.53. The molecule has 0 saturated heterocycles. The minimum Gasteiger partial charge on any atom is -0.354 e. The van der Waals surface area contributed by atoms with Crippen LogP contribution in [0, 0.1) is 11.7 Å². The predicted octanol–water partition coefficient (Wildman–Crippen LogP) is 6.74. The molecule has 2 amide bonds. The zero-order valence-corrected chi connectivity index (χ0v) is 27.2. The van der Waals surface area contributed by atoms with Gasteiger partial charge in [0.15, 0.2) is 0 Å². The molecule has 0 spiro atoms. The van der Waals surface area contributed by atoms with Crippen molar-refractivity contribution < 1.29 is 22.4 Å². The van der Waals surface area contributed by atoms with Gasteiger partial charge >= 0.3 is 0 Å². The molecule has 7 nitrogen and oxygen atoms in total. The normalized spacial score (nSPS) is 12.0. The third kappa shape index (κ3) is 9.29. The molecule has 0 saturated carbocycles. The summed E-state index contributed by atoms with van der Waals surface area (Å²) in [5.74, 6) is -1.33. The van der Waals surface area contributed by atoms with E-state index < -0.39 is 40.2 Å². The lowest BCUT2D eigenvalue weighted by molar-refractivity contribution is -0.140. The van der Waals surface area contributed by atoms with Crippen LogP contribution >= 0.6 is 23.2 Å². The number of rotatable bonds is 13. The summed E-state index contributed by atoms with van der Waals surface area (Å²) >= 11 is 12.3. The maximum atomic E-state index is 14.4. The number of anilines is 1. The van der Waals surface area contributed by atoms with Gasteiger partial charge in [-0.1, -0.05) is 85.6 Å². The van der Waals surface area contributed by atoms with Crippen molar-refractivity contribution in [2.45, 2.75) is 37.8 Å². The third-order valence-corrected chi connectivity index (χ3v) is 9.27. The second kappa shape index (κ2) is 15.4. The second-order valence-electron chi connectivity index (χ2n) is 10.9. The Balaban J connectivity index is 1.79. The van der Waals surface area contributed by atoms with Crippen molar-refractivity contribution in [3.05, 3.63) is 130 Å². The number of amides is 2. The first kappa shape index (κ1) is 34.0. The van der Waals surface area contributed by atoms with Crippen LogP contribution in [-0.2, 0) is 32.6 Å². The van der Waals surface area contributed by atoms with Gasteiger partial charge in [-0.3, -0.25) is 13.9 Å². The molecule has 0 aliphatic carbocycles. The number of carbonyl (C=O) groups is 2. The van der Waals surface area contributed by atoms with Gasteiger partial charge in [-0.15, -0.1) is 0 Å². The molecule has 0 fully saturated rings. The first-order chi connectivity index (χ1) is 21.4. The van der Waals surface area contributed by atoms with Gasteiger partial charge in [0, 0.05) is 29.6 Å². The highest BCUT2D eigenvalue weighted by molar-refractivity contribution is 7.92. The molecule has 1 atom stereocenters. The Kier molecular flexibility index (Phi) is 11.6. The van der Waals surface area contributed by atoms with Crippen LogP contribution in [0.2, 0.25) is 10.0 Å². The van der Waals surface area contributed by atoms with Gasteiger partial charge in [0.25, 0.3) is 10.0 Å². The SMILES string of the molecule is CC(C)CNC(=O)C(Cc1ccccc1)N(Cc1ccc(F)cc1)C(=O)CN(c1cccc(Cl)c1)S(=O)(=O)c1ccc(Cl)cc1. The number of sulfonamides is 1. The number of nitrogens with zero attached hydrogens (tertiary/aromatic N) is 2. The van der Waals surface area contributed by atoms with E-state index in [4.69, 9.17) is 23.2 Å². The largest absolute Gasteiger partial charge is 0.354 e. The number of hydrogen-bond donors (Lipinski definition) is 1. The van der Waals surface area contributed by atoms with E-state index in [1.807, 2.05) is 44.2 Å². The van der Waals surface area contributed by atoms with E-state index in [0.29, 0.717) is 17.1 Å². The molecule has 0 aliphatic rings. The summed E-state index contributed by atoms with van der Waals surface area (Å²) in [5, 5.41) is 3.55. The summed E-state index contributed by atoms with van der Waals surface area (Å²) in [5.41, 5.74) is 1.53. The number of nitrogens with one attached hydrogen (secondary N) is 1. The highest BCUT2D eigenvalue weighted by Gasteiger charge is 2.34. The van der Waals surface area contributed by atoms with Crippen LogP contribution in [0.1, 0.15) is 25.0 Å². The maximum absolute atomic E-state index is 14.4. The first-order valence-electron chi connectivity index (χ1n) is 14.3. The summed E-state index contributed by atoms with van der Waals surface area (Å²) < 4.78 is 42.8. The summed E-state index contributed by atoms with van der Waals surface area (Å²) in [4.78, 5) is 29.4. The number of benzene rings is 4. The van der Waals surface area contributed by atoms with E-state index in [9.17, 15) is 22.4 Å². The molecule has 0 aliphatic heterocycles. The summed E-state index contributed by atoms with van der Waals surface area (Å²) in [6, 6.07) is 25.6. The average molecular weight is 671 g/mol. The fraction of sp³-hybridized carbons (Fsp3) is 0.235. The molecule has 0 aromatic heterocycles. The molecule has 0 heterocycles. The molecule has 45 heavy (non-hydrogen) atoms. The summed E-state index contributed by atoms with van der Waals surface area (Å²) in [7, 11) is -4.30. The summed E-state index contributed by atoms with van der Waals surface area (Å²) in [6.45, 7) is 3.57. The fourth-order valence-electron chi connectivity index (χ4n) is 4.66. The van der Waals surface area contributed by atoms with Crippen LogP contribution in [0.3, 0.4) is 0 Å². The highest BCUT2D eigenvalue weighted by Crippen LogP contribution is 2.28. The van der Waals surface area contributed by atoms with E-state index in [2.05, 4.69) is 5.32 Å². The van der Waals surface area contributed by atoms with Gasteiger partial charge in [0.05, 0.1) is 10.6 Å². The Morgan fingerprint density at radius 1 is 0.822 bits per heavy atom. The second-order valence-corrected chi connectivity index (χ2v) is 13.7. The molecule has 4 aromatic carbocycles. The van der Waals surface area contributed by atoms with Crippen molar-refractivity contribution in [3.63, 3.8) is 0 Å². The molecule has 1 unspecified atom stereocenters. The molecule has 0 bridgehead atoms. The smallest absolute Gasteiger partial charge is 0.264 e. The zero-order chi connectivity index (χ0) is 32.6.